The van der Waals surface area contributed by atoms with Crippen molar-refractivity contribution in [2.75, 3.05) is 6.26 Å². The first-order valence-corrected chi connectivity index (χ1v) is 7.69. The maximum absolute atomic E-state index is 4.35. The van der Waals surface area contributed by atoms with Crippen molar-refractivity contribution in [2.45, 2.75) is 43.5 Å². The molecule has 84 valence electrons. The molecule has 2 nitrogen and oxygen atoms in total. The van der Waals surface area contributed by atoms with Crippen LogP contribution in [0.25, 0.3) is 0 Å². The highest BCUT2D eigenvalue weighted by molar-refractivity contribution is 7.99. The minimum atomic E-state index is 0.404. The Morgan fingerprint density at radius 1 is 1.60 bits per heavy atom. The summed E-state index contributed by atoms with van der Waals surface area (Å²) in [7, 11) is 0. The molecular weight excluding hydrogens is 224 g/mol. The Morgan fingerprint density at radius 3 is 3.07 bits per heavy atom. The maximum Gasteiger partial charge on any atom is 0.0795 e. The Labute approximate surface area is 99.9 Å². The monoisotopic (exact) mass is 242 g/mol. The zero-order valence-electron chi connectivity index (χ0n) is 9.27. The summed E-state index contributed by atoms with van der Waals surface area (Å²) >= 11 is 3.68. The molecule has 1 aromatic heterocycles. The van der Waals surface area contributed by atoms with Gasteiger partial charge in [-0.3, -0.25) is 0 Å². The van der Waals surface area contributed by atoms with E-state index in [2.05, 4.69) is 28.9 Å². The van der Waals surface area contributed by atoms with Gasteiger partial charge in [0.25, 0.3) is 0 Å². The lowest BCUT2D eigenvalue weighted by Gasteiger charge is -2.17. The molecule has 1 aromatic rings. The van der Waals surface area contributed by atoms with Crippen molar-refractivity contribution in [3.63, 3.8) is 0 Å². The van der Waals surface area contributed by atoms with Gasteiger partial charge in [0, 0.05) is 22.7 Å². The van der Waals surface area contributed by atoms with E-state index in [1.165, 1.54) is 25.0 Å². The van der Waals surface area contributed by atoms with Crippen LogP contribution in [0.15, 0.2) is 10.9 Å². The molecular formula is C11H18N2S2. The lowest BCUT2D eigenvalue weighted by Crippen LogP contribution is -2.29. The molecule has 0 aliphatic heterocycles. The fraction of sp³-hybridized carbons (Fsp3) is 0.727. The number of thiazole rings is 1. The van der Waals surface area contributed by atoms with Crippen LogP contribution < -0.4 is 5.32 Å². The van der Waals surface area contributed by atoms with Gasteiger partial charge in [0.05, 0.1) is 11.2 Å². The third kappa shape index (κ3) is 2.95. The second-order valence-corrected chi connectivity index (χ2v) is 6.03. The highest BCUT2D eigenvalue weighted by atomic mass is 32.2. The molecule has 1 heterocycles. The summed E-state index contributed by atoms with van der Waals surface area (Å²) in [4.78, 5) is 4.35. The van der Waals surface area contributed by atoms with Gasteiger partial charge < -0.3 is 5.32 Å². The van der Waals surface area contributed by atoms with Gasteiger partial charge in [-0.1, -0.05) is 0 Å². The summed E-state index contributed by atoms with van der Waals surface area (Å²) in [6, 6.07) is 1.10. The molecule has 0 bridgehead atoms. The van der Waals surface area contributed by atoms with Crippen molar-refractivity contribution in [2.24, 2.45) is 0 Å². The van der Waals surface area contributed by atoms with Crippen molar-refractivity contribution in [1.82, 2.24) is 10.3 Å². The molecule has 15 heavy (non-hydrogen) atoms. The van der Waals surface area contributed by atoms with E-state index in [0.29, 0.717) is 12.1 Å². The maximum atomic E-state index is 4.35. The summed E-state index contributed by atoms with van der Waals surface area (Å²) in [5.41, 5.74) is 3.10. The first-order valence-electron chi connectivity index (χ1n) is 5.46. The third-order valence-corrected chi connectivity index (χ3v) is 4.80. The Morgan fingerprint density at radius 2 is 2.47 bits per heavy atom. The lowest BCUT2D eigenvalue weighted by atomic mass is 10.2. The smallest absolute Gasteiger partial charge is 0.0795 e. The molecule has 0 radical (unpaired) electrons. The van der Waals surface area contributed by atoms with E-state index in [-0.39, 0.29) is 0 Å². The minimum Gasteiger partial charge on any atom is -0.306 e. The van der Waals surface area contributed by atoms with Crippen molar-refractivity contribution < 1.29 is 0 Å². The van der Waals surface area contributed by atoms with E-state index in [1.807, 2.05) is 17.3 Å². The highest BCUT2D eigenvalue weighted by Gasteiger charge is 2.25. The summed E-state index contributed by atoms with van der Waals surface area (Å²) in [5.74, 6) is 0. The van der Waals surface area contributed by atoms with Gasteiger partial charge in [-0.2, -0.15) is 11.8 Å². The largest absolute Gasteiger partial charge is 0.306 e. The summed E-state index contributed by atoms with van der Waals surface area (Å²) in [6.45, 7) is 2.21. The van der Waals surface area contributed by atoms with Crippen molar-refractivity contribution >= 4 is 23.1 Å². The number of nitrogens with zero attached hydrogens (tertiary/aromatic N) is 1. The van der Waals surface area contributed by atoms with Gasteiger partial charge in [-0.25, -0.2) is 4.98 Å². The van der Waals surface area contributed by atoms with Crippen LogP contribution in [0.3, 0.4) is 0 Å². The molecule has 0 amide bonds. The molecule has 3 atom stereocenters. The van der Waals surface area contributed by atoms with Gasteiger partial charge in [0.15, 0.2) is 0 Å². The van der Waals surface area contributed by atoms with E-state index < -0.39 is 0 Å². The van der Waals surface area contributed by atoms with Crippen LogP contribution in [0.5, 0.6) is 0 Å². The van der Waals surface area contributed by atoms with E-state index in [1.54, 1.807) is 11.3 Å². The predicted molar refractivity (Wildman–Crippen MR) is 68.6 cm³/mol. The molecule has 1 fully saturated rings. The SMILES string of the molecule is CSC1CCC(NC(C)c2cscn2)C1. The molecule has 0 saturated heterocycles. The zero-order valence-corrected chi connectivity index (χ0v) is 10.9. The normalized spacial score (nSPS) is 28.1. The van der Waals surface area contributed by atoms with Crippen LogP contribution in [0.4, 0.5) is 0 Å². The fourth-order valence-corrected chi connectivity index (χ4v) is 3.62. The van der Waals surface area contributed by atoms with Gasteiger partial charge in [0.1, 0.15) is 0 Å². The summed E-state index contributed by atoms with van der Waals surface area (Å²) < 4.78 is 0. The van der Waals surface area contributed by atoms with Gasteiger partial charge >= 0.3 is 0 Å². The second-order valence-electron chi connectivity index (χ2n) is 4.17. The molecule has 0 spiro atoms. The average Bonchev–Trinajstić information content (AvgIpc) is 2.87. The standard InChI is InChI=1S/C11H18N2S2/c1-8(11-6-15-7-12-11)13-9-3-4-10(5-9)14-2/h6-10,13H,3-5H2,1-2H3. The molecule has 1 aliphatic rings. The number of aromatic nitrogens is 1. The Hall–Kier alpha value is -0.0600. The predicted octanol–water partition coefficient (Wildman–Crippen LogP) is 3.08. The number of nitrogens with one attached hydrogen (secondary N) is 1. The van der Waals surface area contributed by atoms with E-state index in [9.17, 15) is 0 Å². The molecule has 1 N–H and O–H groups in total. The second kappa shape index (κ2) is 5.32. The minimum absolute atomic E-state index is 0.404. The van der Waals surface area contributed by atoms with Crippen LogP contribution in [-0.2, 0) is 0 Å². The first-order chi connectivity index (χ1) is 7.29. The quantitative estimate of drug-likeness (QED) is 0.878. The van der Waals surface area contributed by atoms with Crippen LogP contribution in [0.1, 0.15) is 37.9 Å². The molecule has 1 aliphatic carbocycles. The average molecular weight is 242 g/mol. The van der Waals surface area contributed by atoms with Crippen LogP contribution in [0.2, 0.25) is 0 Å². The lowest BCUT2D eigenvalue weighted by molar-refractivity contribution is 0.457. The Kier molecular flexibility index (Phi) is 4.05. The van der Waals surface area contributed by atoms with Gasteiger partial charge in [-0.05, 0) is 32.4 Å². The molecule has 2 rings (SSSR count). The van der Waals surface area contributed by atoms with Crippen molar-refractivity contribution in [3.8, 4) is 0 Å². The Bertz CT molecular complexity index is 287. The van der Waals surface area contributed by atoms with Crippen molar-refractivity contribution in [1.29, 1.82) is 0 Å². The number of hydrogen-bond acceptors (Lipinski definition) is 4. The first kappa shape index (κ1) is 11.4. The number of rotatable bonds is 4. The van der Waals surface area contributed by atoms with Crippen LogP contribution in [-0.4, -0.2) is 22.5 Å². The van der Waals surface area contributed by atoms with Crippen molar-refractivity contribution in [3.05, 3.63) is 16.6 Å². The van der Waals surface area contributed by atoms with E-state index >= 15 is 0 Å². The molecule has 3 unspecified atom stereocenters. The van der Waals surface area contributed by atoms with Crippen LogP contribution >= 0.6 is 23.1 Å². The van der Waals surface area contributed by atoms with Gasteiger partial charge in [0.2, 0.25) is 0 Å². The molecule has 0 aromatic carbocycles. The number of hydrogen-bond donors (Lipinski definition) is 1. The summed E-state index contributed by atoms with van der Waals surface area (Å²) in [6.07, 6.45) is 6.22. The van der Waals surface area contributed by atoms with E-state index in [0.717, 1.165) is 5.25 Å². The molecule has 1 saturated carbocycles. The summed E-state index contributed by atoms with van der Waals surface area (Å²) in [5, 5.41) is 6.68. The topological polar surface area (TPSA) is 24.9 Å². The fourth-order valence-electron chi connectivity index (χ4n) is 2.18. The van der Waals surface area contributed by atoms with E-state index in [4.69, 9.17) is 0 Å². The molecule has 4 heteroatoms. The Balaban J connectivity index is 1.83. The van der Waals surface area contributed by atoms with Crippen LogP contribution in [0, 0.1) is 0 Å². The third-order valence-electron chi connectivity index (χ3n) is 3.10. The zero-order chi connectivity index (χ0) is 10.7. The highest BCUT2D eigenvalue weighted by Crippen LogP contribution is 2.29. The number of thioether (sulfide) groups is 1. The van der Waals surface area contributed by atoms with Gasteiger partial charge in [-0.15, -0.1) is 11.3 Å².